The van der Waals surface area contributed by atoms with Crippen molar-refractivity contribution in [2.24, 2.45) is 0 Å². The normalized spacial score (nSPS) is 11.3. The number of halogens is 3. The van der Waals surface area contributed by atoms with Gasteiger partial charge in [0.2, 0.25) is 0 Å². The molecule has 1 aromatic rings. The van der Waals surface area contributed by atoms with E-state index in [2.05, 4.69) is 4.98 Å². The molecule has 1 aromatic heterocycles. The van der Waals surface area contributed by atoms with E-state index in [0.29, 0.717) is 17.3 Å². The number of pyridine rings is 1. The lowest BCUT2D eigenvalue weighted by Gasteiger charge is -2.15. The van der Waals surface area contributed by atoms with Gasteiger partial charge in [-0.1, -0.05) is 11.6 Å². The van der Waals surface area contributed by atoms with E-state index in [9.17, 15) is 8.78 Å². The van der Waals surface area contributed by atoms with Crippen molar-refractivity contribution in [1.29, 1.82) is 0 Å². The lowest BCUT2D eigenvalue weighted by atomic mass is 10.3. The summed E-state index contributed by atoms with van der Waals surface area (Å²) in [6.07, 6.45) is -0.757. The van der Waals surface area contributed by atoms with Crippen LogP contribution in [0, 0.1) is 0 Å². The summed E-state index contributed by atoms with van der Waals surface area (Å²) in [5.41, 5.74) is 0.695. The predicted molar refractivity (Wildman–Crippen MR) is 51.6 cm³/mol. The summed E-state index contributed by atoms with van der Waals surface area (Å²) < 4.78 is 24.0. The minimum Gasteiger partial charge on any atom is -0.295 e. The van der Waals surface area contributed by atoms with Crippen LogP contribution in [0.2, 0.25) is 5.02 Å². The van der Waals surface area contributed by atoms with Crippen LogP contribution < -0.4 is 0 Å². The Kier molecular flexibility index (Phi) is 4.22. The summed E-state index contributed by atoms with van der Waals surface area (Å²) in [5.74, 6) is 0. The van der Waals surface area contributed by atoms with Crippen molar-refractivity contribution < 1.29 is 8.78 Å². The maximum absolute atomic E-state index is 12.0. The number of aromatic nitrogens is 1. The summed E-state index contributed by atoms with van der Waals surface area (Å²) in [6, 6.07) is 3.32. The third-order valence-corrected chi connectivity index (χ3v) is 1.90. The number of hydrogen-bond donors (Lipinski definition) is 0. The second-order valence-corrected chi connectivity index (χ2v) is 3.49. The smallest absolute Gasteiger partial charge is 0.251 e. The molecule has 0 spiro atoms. The fourth-order valence-electron chi connectivity index (χ4n) is 1.11. The van der Waals surface area contributed by atoms with E-state index in [-0.39, 0.29) is 6.54 Å². The molecule has 0 amide bonds. The average molecular weight is 221 g/mol. The molecule has 0 bridgehead atoms. The molecule has 0 atom stereocenters. The highest BCUT2D eigenvalue weighted by molar-refractivity contribution is 6.30. The lowest BCUT2D eigenvalue weighted by molar-refractivity contribution is 0.0970. The predicted octanol–water partition coefficient (Wildman–Crippen LogP) is 2.43. The van der Waals surface area contributed by atoms with Crippen molar-refractivity contribution in [3.8, 4) is 0 Å². The molecular formula is C9H11ClF2N2. The average Bonchev–Trinajstić information content (AvgIpc) is 2.01. The van der Waals surface area contributed by atoms with Crippen molar-refractivity contribution in [1.82, 2.24) is 9.88 Å². The Morgan fingerprint density at radius 2 is 2.29 bits per heavy atom. The molecule has 1 rings (SSSR count). The van der Waals surface area contributed by atoms with Crippen molar-refractivity contribution in [2.75, 3.05) is 13.6 Å². The Morgan fingerprint density at radius 1 is 1.57 bits per heavy atom. The van der Waals surface area contributed by atoms with Crippen LogP contribution in [-0.4, -0.2) is 29.9 Å². The van der Waals surface area contributed by atoms with Crippen molar-refractivity contribution in [3.63, 3.8) is 0 Å². The minimum absolute atomic E-state index is 0.256. The monoisotopic (exact) mass is 220 g/mol. The van der Waals surface area contributed by atoms with Crippen LogP contribution in [0.1, 0.15) is 5.69 Å². The summed E-state index contributed by atoms with van der Waals surface area (Å²) in [7, 11) is 1.62. The van der Waals surface area contributed by atoms with E-state index in [1.54, 1.807) is 25.4 Å². The maximum Gasteiger partial charge on any atom is 0.251 e. The van der Waals surface area contributed by atoms with Gasteiger partial charge < -0.3 is 0 Å². The molecule has 0 fully saturated rings. The summed E-state index contributed by atoms with van der Waals surface area (Å²) in [4.78, 5) is 5.52. The van der Waals surface area contributed by atoms with Gasteiger partial charge >= 0.3 is 0 Å². The number of nitrogens with zero attached hydrogens (tertiary/aromatic N) is 2. The Labute approximate surface area is 86.5 Å². The van der Waals surface area contributed by atoms with Gasteiger partial charge in [-0.05, 0) is 19.2 Å². The summed E-state index contributed by atoms with van der Waals surface area (Å²) >= 11 is 5.73. The molecule has 78 valence electrons. The van der Waals surface area contributed by atoms with E-state index in [4.69, 9.17) is 11.6 Å². The molecule has 5 heteroatoms. The first-order valence-electron chi connectivity index (χ1n) is 4.15. The highest BCUT2D eigenvalue weighted by atomic mass is 35.5. The zero-order valence-electron chi connectivity index (χ0n) is 7.75. The second-order valence-electron chi connectivity index (χ2n) is 3.05. The Bertz CT molecular complexity index is 294. The van der Waals surface area contributed by atoms with Gasteiger partial charge in [0.25, 0.3) is 6.43 Å². The minimum atomic E-state index is -2.32. The molecule has 0 saturated heterocycles. The first kappa shape index (κ1) is 11.3. The SMILES string of the molecule is CN(Cc1cc(Cl)ccn1)CC(F)F. The van der Waals surface area contributed by atoms with Gasteiger partial charge in [-0.2, -0.15) is 0 Å². The maximum atomic E-state index is 12.0. The zero-order chi connectivity index (χ0) is 10.6. The number of hydrogen-bond acceptors (Lipinski definition) is 2. The standard InChI is InChI=1S/C9H11ClF2N2/c1-14(6-9(11)12)5-8-4-7(10)2-3-13-8/h2-4,9H,5-6H2,1H3. The second kappa shape index (κ2) is 5.22. The van der Waals surface area contributed by atoms with E-state index in [0.717, 1.165) is 0 Å². The largest absolute Gasteiger partial charge is 0.295 e. The van der Waals surface area contributed by atoms with Crippen LogP contribution in [0.5, 0.6) is 0 Å². The van der Waals surface area contributed by atoms with Crippen LogP contribution in [0.15, 0.2) is 18.3 Å². The van der Waals surface area contributed by atoms with Crippen LogP contribution in [-0.2, 0) is 6.54 Å². The van der Waals surface area contributed by atoms with Crippen LogP contribution in [0.3, 0.4) is 0 Å². The molecule has 0 saturated carbocycles. The van der Waals surface area contributed by atoms with Crippen LogP contribution in [0.4, 0.5) is 8.78 Å². The Morgan fingerprint density at radius 3 is 2.86 bits per heavy atom. The Balaban J connectivity index is 2.51. The first-order valence-corrected chi connectivity index (χ1v) is 4.53. The van der Waals surface area contributed by atoms with Gasteiger partial charge in [-0.15, -0.1) is 0 Å². The van der Waals surface area contributed by atoms with Gasteiger partial charge in [-0.25, -0.2) is 8.78 Å². The zero-order valence-corrected chi connectivity index (χ0v) is 8.51. The van der Waals surface area contributed by atoms with E-state index < -0.39 is 6.43 Å². The molecule has 0 radical (unpaired) electrons. The fourth-order valence-corrected chi connectivity index (χ4v) is 1.29. The molecule has 0 unspecified atom stereocenters. The molecular weight excluding hydrogens is 210 g/mol. The lowest BCUT2D eigenvalue weighted by Crippen LogP contribution is -2.24. The van der Waals surface area contributed by atoms with Crippen molar-refractivity contribution in [3.05, 3.63) is 29.0 Å². The highest BCUT2D eigenvalue weighted by Crippen LogP contribution is 2.09. The third kappa shape index (κ3) is 3.98. The molecule has 0 aliphatic heterocycles. The van der Waals surface area contributed by atoms with E-state index in [1.165, 1.54) is 4.90 Å². The summed E-state index contributed by atoms with van der Waals surface area (Å²) in [5, 5.41) is 0.570. The van der Waals surface area contributed by atoms with Gasteiger partial charge in [0.1, 0.15) is 0 Å². The highest BCUT2D eigenvalue weighted by Gasteiger charge is 2.08. The van der Waals surface area contributed by atoms with Crippen LogP contribution >= 0.6 is 11.6 Å². The number of rotatable bonds is 4. The van der Waals surface area contributed by atoms with Crippen molar-refractivity contribution in [2.45, 2.75) is 13.0 Å². The molecule has 1 heterocycles. The van der Waals surface area contributed by atoms with Crippen LogP contribution in [0.25, 0.3) is 0 Å². The molecule has 0 N–H and O–H groups in total. The molecule has 0 aliphatic carbocycles. The third-order valence-electron chi connectivity index (χ3n) is 1.66. The number of alkyl halides is 2. The quantitative estimate of drug-likeness (QED) is 0.775. The van der Waals surface area contributed by atoms with Gasteiger partial charge in [0, 0.05) is 17.8 Å². The fraction of sp³-hybridized carbons (Fsp3) is 0.444. The molecule has 0 aliphatic rings. The van der Waals surface area contributed by atoms with Gasteiger partial charge in [-0.3, -0.25) is 9.88 Å². The topological polar surface area (TPSA) is 16.1 Å². The first-order chi connectivity index (χ1) is 6.58. The molecule has 0 aromatic carbocycles. The Hall–Kier alpha value is -0.740. The van der Waals surface area contributed by atoms with E-state index in [1.807, 2.05) is 0 Å². The summed E-state index contributed by atoms with van der Waals surface area (Å²) in [6.45, 7) is 0.124. The molecule has 2 nitrogen and oxygen atoms in total. The van der Waals surface area contributed by atoms with Gasteiger partial charge in [0.15, 0.2) is 0 Å². The molecule has 14 heavy (non-hydrogen) atoms. The van der Waals surface area contributed by atoms with E-state index >= 15 is 0 Å². The van der Waals surface area contributed by atoms with Crippen molar-refractivity contribution >= 4 is 11.6 Å². The van der Waals surface area contributed by atoms with Gasteiger partial charge in [0.05, 0.1) is 12.2 Å².